The SMILES string of the molecule is CC[C@H](C)[C@@H]1NC(=O)[C@@H]2[C@H](CCN2C(=O)[C@@H](NC(=O)[C@H]([C@@H](C)CC)N(C)C)[C@@H](C)CC)Oc2ccc(OC)c(c2)C=CNC1=O. The number of carbonyl (C=O) groups excluding carboxylic acids is 4. The molecule has 3 rings (SSSR count). The van der Waals surface area contributed by atoms with E-state index in [4.69, 9.17) is 9.47 Å². The van der Waals surface area contributed by atoms with Gasteiger partial charge < -0.3 is 30.3 Å². The maximum atomic E-state index is 14.4. The average Bonchev–Trinajstić information content (AvgIpc) is 3.44. The van der Waals surface area contributed by atoms with Crippen molar-refractivity contribution in [1.29, 1.82) is 0 Å². The molecule has 250 valence electrons. The number of methoxy groups -OCH3 is 1. The fourth-order valence-corrected chi connectivity index (χ4v) is 6.11. The van der Waals surface area contributed by atoms with Crippen LogP contribution in [0.1, 0.15) is 72.8 Å². The molecule has 1 saturated heterocycles. The highest BCUT2D eigenvalue weighted by Gasteiger charge is 2.47. The number of benzene rings is 1. The molecular formula is C34H53N5O6. The summed E-state index contributed by atoms with van der Waals surface area (Å²) in [6.45, 7) is 12.1. The van der Waals surface area contributed by atoms with Gasteiger partial charge in [-0.2, -0.15) is 0 Å². The van der Waals surface area contributed by atoms with Gasteiger partial charge in [-0.05, 0) is 56.1 Å². The van der Waals surface area contributed by atoms with Crippen LogP contribution in [0, 0.1) is 17.8 Å². The molecule has 4 amide bonds. The van der Waals surface area contributed by atoms with E-state index in [1.54, 1.807) is 31.4 Å². The average molecular weight is 628 g/mol. The number of nitrogens with zero attached hydrogens (tertiary/aromatic N) is 2. The highest BCUT2D eigenvalue weighted by molar-refractivity contribution is 5.96. The van der Waals surface area contributed by atoms with Crippen LogP contribution in [0.5, 0.6) is 11.5 Å². The quantitative estimate of drug-likeness (QED) is 0.344. The van der Waals surface area contributed by atoms with Crippen molar-refractivity contribution in [1.82, 2.24) is 25.8 Å². The Labute approximate surface area is 268 Å². The zero-order valence-corrected chi connectivity index (χ0v) is 28.4. The second-order valence-electron chi connectivity index (χ2n) is 12.7. The molecule has 11 heteroatoms. The maximum Gasteiger partial charge on any atom is 0.247 e. The Morgan fingerprint density at radius 2 is 1.76 bits per heavy atom. The second-order valence-corrected chi connectivity index (χ2v) is 12.7. The smallest absolute Gasteiger partial charge is 0.247 e. The van der Waals surface area contributed by atoms with E-state index in [-0.39, 0.29) is 42.0 Å². The molecule has 2 bridgehead atoms. The molecule has 11 nitrogen and oxygen atoms in total. The Balaban J connectivity index is 2.03. The zero-order valence-electron chi connectivity index (χ0n) is 28.4. The van der Waals surface area contributed by atoms with Crippen molar-refractivity contribution in [3.05, 3.63) is 30.0 Å². The van der Waals surface area contributed by atoms with Gasteiger partial charge in [0.15, 0.2) is 0 Å². The molecule has 45 heavy (non-hydrogen) atoms. The van der Waals surface area contributed by atoms with Crippen LogP contribution in [0.2, 0.25) is 0 Å². The molecule has 2 heterocycles. The number of fused-ring (bicyclic) bond motifs is 3. The van der Waals surface area contributed by atoms with Gasteiger partial charge in [-0.3, -0.25) is 24.1 Å². The first-order valence-corrected chi connectivity index (χ1v) is 16.3. The summed E-state index contributed by atoms with van der Waals surface area (Å²) in [6.07, 6.45) is 5.07. The molecule has 8 atom stereocenters. The van der Waals surface area contributed by atoms with Crippen LogP contribution in [-0.2, 0) is 19.2 Å². The van der Waals surface area contributed by atoms with E-state index in [9.17, 15) is 19.2 Å². The minimum Gasteiger partial charge on any atom is -0.496 e. The summed E-state index contributed by atoms with van der Waals surface area (Å²) in [6, 6.07) is 2.20. The van der Waals surface area contributed by atoms with Gasteiger partial charge in [-0.25, -0.2) is 0 Å². The number of nitrogens with one attached hydrogen (secondary N) is 3. The summed E-state index contributed by atoms with van der Waals surface area (Å²) in [7, 11) is 5.29. The van der Waals surface area contributed by atoms with Crippen molar-refractivity contribution in [2.45, 2.75) is 97.5 Å². The highest BCUT2D eigenvalue weighted by Crippen LogP contribution is 2.31. The van der Waals surface area contributed by atoms with Crippen LogP contribution in [0.15, 0.2) is 24.4 Å². The Hall–Kier alpha value is -3.60. The lowest BCUT2D eigenvalue weighted by Crippen LogP contribution is -2.61. The first kappa shape index (κ1) is 35.9. The number of carbonyl (C=O) groups is 4. The molecule has 0 spiro atoms. The van der Waals surface area contributed by atoms with E-state index < -0.39 is 36.2 Å². The highest BCUT2D eigenvalue weighted by atomic mass is 16.5. The van der Waals surface area contributed by atoms with Gasteiger partial charge in [-0.15, -0.1) is 0 Å². The molecule has 0 unspecified atom stereocenters. The second kappa shape index (κ2) is 16.1. The fourth-order valence-electron chi connectivity index (χ4n) is 6.11. The van der Waals surface area contributed by atoms with E-state index in [0.29, 0.717) is 36.3 Å². The van der Waals surface area contributed by atoms with Gasteiger partial charge in [0.05, 0.1) is 13.2 Å². The third kappa shape index (κ3) is 8.36. The number of likely N-dealkylation sites (N-methyl/N-ethyl adjacent to an activating group) is 1. The number of hydrogen-bond acceptors (Lipinski definition) is 7. The van der Waals surface area contributed by atoms with Crippen LogP contribution in [0.4, 0.5) is 0 Å². The van der Waals surface area contributed by atoms with Crippen molar-refractivity contribution in [3.8, 4) is 11.5 Å². The summed E-state index contributed by atoms with van der Waals surface area (Å²) in [5.41, 5.74) is 0.688. The van der Waals surface area contributed by atoms with Crippen molar-refractivity contribution in [2.24, 2.45) is 17.8 Å². The predicted octanol–water partition coefficient (Wildman–Crippen LogP) is 3.18. The first-order chi connectivity index (χ1) is 21.4. The minimum atomic E-state index is -1.02. The molecule has 1 fully saturated rings. The lowest BCUT2D eigenvalue weighted by atomic mass is 9.94. The lowest BCUT2D eigenvalue weighted by molar-refractivity contribution is -0.145. The van der Waals surface area contributed by atoms with E-state index in [1.807, 2.05) is 60.5 Å². The number of likely N-dealkylation sites (tertiary alicyclic amines) is 1. The molecule has 2 aliphatic heterocycles. The molecular weight excluding hydrogens is 574 g/mol. The summed E-state index contributed by atoms with van der Waals surface area (Å²) >= 11 is 0. The first-order valence-electron chi connectivity index (χ1n) is 16.3. The lowest BCUT2D eigenvalue weighted by Gasteiger charge is -2.35. The van der Waals surface area contributed by atoms with E-state index in [0.717, 1.165) is 6.42 Å². The molecule has 0 saturated carbocycles. The molecule has 0 radical (unpaired) electrons. The summed E-state index contributed by atoms with van der Waals surface area (Å²) in [5, 5.41) is 8.80. The third-order valence-corrected chi connectivity index (χ3v) is 9.45. The van der Waals surface area contributed by atoms with Gasteiger partial charge in [-0.1, -0.05) is 60.8 Å². The van der Waals surface area contributed by atoms with E-state index >= 15 is 0 Å². The molecule has 0 aromatic heterocycles. The van der Waals surface area contributed by atoms with Crippen molar-refractivity contribution in [3.63, 3.8) is 0 Å². The summed E-state index contributed by atoms with van der Waals surface area (Å²) in [4.78, 5) is 58.9. The zero-order chi connectivity index (χ0) is 33.4. The number of ether oxygens (including phenoxy) is 2. The monoisotopic (exact) mass is 627 g/mol. The molecule has 2 aliphatic rings. The van der Waals surface area contributed by atoms with Gasteiger partial charge in [0, 0.05) is 24.7 Å². The maximum absolute atomic E-state index is 14.4. The van der Waals surface area contributed by atoms with Crippen LogP contribution < -0.4 is 25.4 Å². The minimum absolute atomic E-state index is 0.0749. The Morgan fingerprint density at radius 1 is 1.07 bits per heavy atom. The Bertz CT molecular complexity index is 1240. The molecule has 0 aliphatic carbocycles. The molecule has 1 aromatic carbocycles. The molecule has 3 N–H and O–H groups in total. The van der Waals surface area contributed by atoms with Gasteiger partial charge in [0.25, 0.3) is 0 Å². The fraction of sp³-hybridized carbons (Fsp3) is 0.647. The summed E-state index contributed by atoms with van der Waals surface area (Å²) in [5.74, 6) is -0.573. The van der Waals surface area contributed by atoms with Gasteiger partial charge in [0.1, 0.15) is 35.7 Å². The normalized spacial score (nSPS) is 23.5. The van der Waals surface area contributed by atoms with Crippen molar-refractivity contribution < 1.29 is 28.7 Å². The predicted molar refractivity (Wildman–Crippen MR) is 174 cm³/mol. The van der Waals surface area contributed by atoms with Crippen molar-refractivity contribution >= 4 is 29.7 Å². The topological polar surface area (TPSA) is 129 Å². The standard InChI is InChI=1S/C34H53N5O6/c1-10-20(4)27-31(40)35-17-15-23-19-24(13-14-25(23)44-9)45-26-16-18-39(30(26)33(42)36-27)34(43)28(21(5)11-2)37-32(41)29(38(7)8)22(6)12-3/h13-15,17,19-22,26-30H,10-12,16,18H2,1-9H3,(H,35,40)(H,36,42)(H,37,41)/t20-,21-,22-,26-,27-,28-,29-,30-/m0/s1. The van der Waals surface area contributed by atoms with Gasteiger partial charge in [0.2, 0.25) is 23.6 Å². The Kier molecular flexibility index (Phi) is 12.8. The number of hydrogen-bond donors (Lipinski definition) is 3. The number of amides is 4. The Morgan fingerprint density at radius 3 is 2.36 bits per heavy atom. The van der Waals surface area contributed by atoms with Crippen LogP contribution in [0.25, 0.3) is 6.08 Å². The largest absolute Gasteiger partial charge is 0.496 e. The summed E-state index contributed by atoms with van der Waals surface area (Å²) < 4.78 is 11.9. The van der Waals surface area contributed by atoms with Crippen molar-refractivity contribution in [2.75, 3.05) is 27.7 Å². The van der Waals surface area contributed by atoms with E-state index in [1.165, 1.54) is 11.1 Å². The van der Waals surface area contributed by atoms with Gasteiger partial charge >= 0.3 is 0 Å². The third-order valence-electron chi connectivity index (χ3n) is 9.45. The van der Waals surface area contributed by atoms with E-state index in [2.05, 4.69) is 16.0 Å². The van der Waals surface area contributed by atoms with Crippen LogP contribution in [-0.4, -0.2) is 91.4 Å². The number of rotatable bonds is 11. The van der Waals surface area contributed by atoms with Crippen LogP contribution in [0.3, 0.4) is 0 Å². The molecule has 1 aromatic rings. The van der Waals surface area contributed by atoms with Crippen LogP contribution >= 0.6 is 0 Å².